The molecule has 1 aliphatic heterocycles. The smallest absolute Gasteiger partial charge is 0.278 e. The van der Waals surface area contributed by atoms with Crippen molar-refractivity contribution < 1.29 is 55.9 Å². The predicted molar refractivity (Wildman–Crippen MR) is 98.1 cm³/mol. The summed E-state index contributed by atoms with van der Waals surface area (Å²) in [5, 5.41) is 3.19. The van der Waals surface area contributed by atoms with Crippen molar-refractivity contribution >= 4 is 40.4 Å². The fourth-order valence-electron chi connectivity index (χ4n) is 2.88. The zero-order chi connectivity index (χ0) is 25.1. The van der Waals surface area contributed by atoms with Crippen LogP contribution in [0.2, 0.25) is 0 Å². The number of aromatic nitrogens is 4. The van der Waals surface area contributed by atoms with Crippen molar-refractivity contribution in [3.63, 3.8) is 0 Å². The lowest BCUT2D eigenvalue weighted by atomic mass is 10.2. The summed E-state index contributed by atoms with van der Waals surface area (Å²) in [4.78, 5) is 58.3. The second kappa shape index (κ2) is 10.3. The Kier molecular flexibility index (Phi) is 8.07. The number of nitrogens with zero attached hydrogens (tertiary/aromatic N) is 7. The molecule has 0 saturated carbocycles. The Labute approximate surface area is 188 Å². The van der Waals surface area contributed by atoms with Crippen LogP contribution in [-0.4, -0.2) is 45.1 Å². The summed E-state index contributed by atoms with van der Waals surface area (Å²) in [6, 6.07) is 0. The molecular weight excluding hydrogens is 529 g/mol. The number of phosphoric acid groups is 3. The summed E-state index contributed by atoms with van der Waals surface area (Å²) in [5.41, 5.74) is 14.7. The van der Waals surface area contributed by atoms with Crippen LogP contribution >= 0.6 is 23.5 Å². The molecule has 0 spiro atoms. The highest BCUT2D eigenvalue weighted by Gasteiger charge is 2.39. The van der Waals surface area contributed by atoms with Gasteiger partial charge in [0, 0.05) is 11.3 Å². The van der Waals surface area contributed by atoms with Crippen molar-refractivity contribution in [3.8, 4) is 0 Å². The van der Waals surface area contributed by atoms with E-state index in [0.29, 0.717) is 0 Å². The van der Waals surface area contributed by atoms with E-state index in [-0.39, 0.29) is 23.4 Å². The number of phosphoric ester groups is 1. The standard InChI is InChI=1S/C11H17N8O12P3/c12-10-9-11(15-3-14-10)19(4-16-9)8-1-6(27-5-17-18-13)7(29-8)2-28-33(23,24)31-34(25,26)30-32(20,21)22/h3-4,6-8H,1-2,5H2,(H,23,24)(H,25,26)(H2,12,14,15)(H2,20,21,22)/p-4/t6-,7-,8-/m0/s1. The van der Waals surface area contributed by atoms with Crippen molar-refractivity contribution in [1.29, 1.82) is 0 Å². The first kappa shape index (κ1) is 26.6. The molecule has 0 aromatic carbocycles. The Hall–Kier alpha value is -2.01. The first-order valence-electron chi connectivity index (χ1n) is 8.72. The summed E-state index contributed by atoms with van der Waals surface area (Å²) in [6.45, 7) is -1.36. The summed E-state index contributed by atoms with van der Waals surface area (Å²) in [6.07, 6.45) is -0.489. The van der Waals surface area contributed by atoms with E-state index in [9.17, 15) is 33.3 Å². The molecule has 2 N–H and O–H groups in total. The van der Waals surface area contributed by atoms with Gasteiger partial charge < -0.3 is 43.9 Å². The topological polar surface area (TPSA) is 308 Å². The van der Waals surface area contributed by atoms with Gasteiger partial charge in [0.05, 0.1) is 26.9 Å². The number of hydrogen-bond acceptors (Lipinski definition) is 17. The highest BCUT2D eigenvalue weighted by Crippen LogP contribution is 2.60. The number of ether oxygens (including phenoxy) is 2. The van der Waals surface area contributed by atoms with E-state index < -0.39 is 55.2 Å². The molecule has 0 bridgehead atoms. The van der Waals surface area contributed by atoms with Crippen LogP contribution < -0.4 is 25.3 Å². The van der Waals surface area contributed by atoms with E-state index >= 15 is 0 Å². The van der Waals surface area contributed by atoms with Crippen LogP contribution in [0.3, 0.4) is 0 Å². The Morgan fingerprint density at radius 3 is 2.62 bits per heavy atom. The molecule has 1 fully saturated rings. The van der Waals surface area contributed by atoms with E-state index in [2.05, 4.69) is 38.1 Å². The molecule has 3 heterocycles. The second-order valence-corrected chi connectivity index (χ2v) is 10.6. The lowest BCUT2D eigenvalue weighted by molar-refractivity contribution is -0.339. The average molecular weight is 542 g/mol. The molecule has 2 aromatic rings. The average Bonchev–Trinajstić information content (AvgIpc) is 3.28. The van der Waals surface area contributed by atoms with Crippen LogP contribution in [0, 0.1) is 0 Å². The minimum Gasteiger partial charge on any atom is -0.790 e. The normalized spacial score (nSPS) is 24.4. The number of rotatable bonds is 11. The van der Waals surface area contributed by atoms with Crippen LogP contribution in [0.25, 0.3) is 21.6 Å². The van der Waals surface area contributed by atoms with Gasteiger partial charge in [-0.2, -0.15) is 0 Å². The molecule has 1 aliphatic rings. The van der Waals surface area contributed by atoms with Gasteiger partial charge in [0.1, 0.15) is 30.9 Å². The van der Waals surface area contributed by atoms with E-state index in [0.717, 1.165) is 0 Å². The molecule has 2 unspecified atom stereocenters. The first-order chi connectivity index (χ1) is 15.8. The minimum atomic E-state index is -6.13. The van der Waals surface area contributed by atoms with E-state index in [4.69, 9.17) is 20.7 Å². The van der Waals surface area contributed by atoms with E-state index in [1.54, 1.807) is 0 Å². The molecule has 3 rings (SSSR count). The van der Waals surface area contributed by atoms with Crippen molar-refractivity contribution in [2.24, 2.45) is 5.11 Å². The Bertz CT molecular complexity index is 1230. The Morgan fingerprint density at radius 2 is 1.94 bits per heavy atom. The molecule has 20 nitrogen and oxygen atoms in total. The molecule has 0 amide bonds. The first-order valence-corrected chi connectivity index (χ1v) is 13.1. The third-order valence-electron chi connectivity index (χ3n) is 4.08. The van der Waals surface area contributed by atoms with Gasteiger partial charge in [0.15, 0.2) is 11.5 Å². The molecule has 0 radical (unpaired) electrons. The Balaban J connectivity index is 1.73. The summed E-state index contributed by atoms with van der Waals surface area (Å²) < 4.78 is 57.0. The maximum absolute atomic E-state index is 11.8. The molecule has 188 valence electrons. The van der Waals surface area contributed by atoms with Crippen LogP contribution in [0.4, 0.5) is 5.82 Å². The number of azide groups is 1. The van der Waals surface area contributed by atoms with Gasteiger partial charge in [-0.25, -0.2) is 19.3 Å². The Morgan fingerprint density at radius 1 is 1.21 bits per heavy atom. The highest BCUT2D eigenvalue weighted by atomic mass is 31.3. The predicted octanol–water partition coefficient (Wildman–Crippen LogP) is -1.84. The number of nitrogen functional groups attached to an aromatic ring is 1. The molecule has 34 heavy (non-hydrogen) atoms. The van der Waals surface area contributed by atoms with Crippen LogP contribution in [0.5, 0.6) is 0 Å². The lowest BCUT2D eigenvalue weighted by Crippen LogP contribution is -2.30. The molecule has 5 atom stereocenters. The number of imidazole rings is 1. The number of fused-ring (bicyclic) bond motifs is 1. The third-order valence-corrected chi connectivity index (χ3v) is 7.75. The summed E-state index contributed by atoms with van der Waals surface area (Å²) in [5.74, 6) is 0.0900. The monoisotopic (exact) mass is 542 g/mol. The largest absolute Gasteiger partial charge is 0.790 e. The molecule has 2 aromatic heterocycles. The van der Waals surface area contributed by atoms with Crippen molar-refractivity contribution in [3.05, 3.63) is 23.1 Å². The van der Waals surface area contributed by atoms with Gasteiger partial charge in [0.25, 0.3) is 15.6 Å². The quantitative estimate of drug-likeness (QED) is 0.141. The SMILES string of the molecule is [N-]=[N+]=NCO[C@H]1C[C@@H](n2cnc3c(N)ncnc32)O[C@H]1COP(=O)([O-])OP(=O)([O-])OP(=O)([O-])[O-]. The van der Waals surface area contributed by atoms with Gasteiger partial charge in [-0.05, 0) is 5.53 Å². The minimum absolute atomic E-state index is 0.0348. The maximum Gasteiger partial charge on any atom is 0.278 e. The van der Waals surface area contributed by atoms with Gasteiger partial charge in [0.2, 0.25) is 0 Å². The van der Waals surface area contributed by atoms with Crippen molar-refractivity contribution in [2.75, 3.05) is 19.1 Å². The fourth-order valence-corrected chi connectivity index (χ4v) is 5.75. The number of anilines is 1. The number of nitrogens with two attached hydrogens (primary N) is 1. The third kappa shape index (κ3) is 7.00. The van der Waals surface area contributed by atoms with E-state index in [1.807, 2.05) is 0 Å². The van der Waals surface area contributed by atoms with E-state index in [1.165, 1.54) is 17.2 Å². The molecular formula is C11H13N8O12P3-4. The zero-order valence-electron chi connectivity index (χ0n) is 16.5. The van der Waals surface area contributed by atoms with Crippen LogP contribution in [0.15, 0.2) is 17.8 Å². The highest BCUT2D eigenvalue weighted by molar-refractivity contribution is 7.64. The van der Waals surface area contributed by atoms with Crippen molar-refractivity contribution in [1.82, 2.24) is 19.5 Å². The van der Waals surface area contributed by atoms with Crippen molar-refractivity contribution in [2.45, 2.75) is 24.9 Å². The zero-order valence-corrected chi connectivity index (χ0v) is 19.1. The van der Waals surface area contributed by atoms with Gasteiger partial charge in [-0.15, -0.1) is 0 Å². The van der Waals surface area contributed by atoms with Gasteiger partial charge >= 0.3 is 0 Å². The molecule has 23 heteroatoms. The molecule has 1 saturated heterocycles. The lowest BCUT2D eigenvalue weighted by Gasteiger charge is -2.37. The number of hydrogen-bond donors (Lipinski definition) is 1. The maximum atomic E-state index is 11.8. The summed E-state index contributed by atoms with van der Waals surface area (Å²) in [7, 11) is -18.0. The molecule has 0 aliphatic carbocycles. The summed E-state index contributed by atoms with van der Waals surface area (Å²) >= 11 is 0. The second-order valence-electron chi connectivity index (χ2n) is 6.31. The van der Waals surface area contributed by atoms with Gasteiger partial charge in [-0.3, -0.25) is 18.0 Å². The van der Waals surface area contributed by atoms with Gasteiger partial charge in [-0.1, -0.05) is 5.11 Å². The van der Waals surface area contributed by atoms with Crippen LogP contribution in [0.1, 0.15) is 12.6 Å². The fraction of sp³-hybridized carbons (Fsp3) is 0.545. The van der Waals surface area contributed by atoms with Crippen LogP contribution in [-0.2, 0) is 36.3 Å².